The van der Waals surface area contributed by atoms with E-state index in [0.717, 1.165) is 17.5 Å². The van der Waals surface area contributed by atoms with E-state index in [4.69, 9.17) is 0 Å². The van der Waals surface area contributed by atoms with Gasteiger partial charge in [0, 0.05) is 10.6 Å². The van der Waals surface area contributed by atoms with Gasteiger partial charge in [-0.25, -0.2) is 0 Å². The number of benzene rings is 2. The Hall–Kier alpha value is -1.25. The Kier molecular flexibility index (Phi) is 2.91. The van der Waals surface area contributed by atoms with E-state index in [1.54, 1.807) is 0 Å². The van der Waals surface area contributed by atoms with Crippen LogP contribution >= 0.6 is 11.8 Å². The zero-order valence-electron chi connectivity index (χ0n) is 9.52. The first kappa shape index (κ1) is 10.9. The van der Waals surface area contributed by atoms with Gasteiger partial charge in [0.2, 0.25) is 0 Å². The number of thioether (sulfide) groups is 1. The van der Waals surface area contributed by atoms with Crippen molar-refractivity contribution in [3.63, 3.8) is 0 Å². The lowest BCUT2D eigenvalue weighted by Crippen LogP contribution is -1.90. The van der Waals surface area contributed by atoms with Crippen LogP contribution in [0.2, 0.25) is 0 Å². The summed E-state index contributed by atoms with van der Waals surface area (Å²) in [5.74, 6) is 1.19. The third kappa shape index (κ3) is 1.99. The first-order valence-corrected chi connectivity index (χ1v) is 6.82. The molecular weight excluding hydrogens is 228 g/mol. The second-order valence-corrected chi connectivity index (χ2v) is 5.37. The molecule has 1 N–H and O–H groups in total. The maximum absolute atomic E-state index is 9.37. The first-order chi connectivity index (χ1) is 8.38. The fourth-order valence-corrected chi connectivity index (χ4v) is 3.35. The molecular formula is C15H14OS. The molecule has 0 atom stereocenters. The summed E-state index contributed by atoms with van der Waals surface area (Å²) in [6, 6.07) is 14.7. The monoisotopic (exact) mass is 242 g/mol. The van der Waals surface area contributed by atoms with E-state index < -0.39 is 0 Å². The summed E-state index contributed by atoms with van der Waals surface area (Å²) in [5.41, 5.74) is 4.81. The minimum absolute atomic E-state index is 0.0992. The average molecular weight is 242 g/mol. The van der Waals surface area contributed by atoms with Crippen molar-refractivity contribution in [2.75, 3.05) is 5.75 Å². The molecule has 0 aromatic heterocycles. The Balaban J connectivity index is 2.09. The van der Waals surface area contributed by atoms with Crippen molar-refractivity contribution < 1.29 is 5.11 Å². The van der Waals surface area contributed by atoms with E-state index in [1.807, 2.05) is 30.0 Å². The van der Waals surface area contributed by atoms with Crippen LogP contribution in [0, 0.1) is 0 Å². The number of hydrogen-bond acceptors (Lipinski definition) is 2. The van der Waals surface area contributed by atoms with Gasteiger partial charge in [0.1, 0.15) is 0 Å². The Labute approximate surface area is 105 Å². The van der Waals surface area contributed by atoms with Crippen molar-refractivity contribution in [3.8, 4) is 11.1 Å². The number of aliphatic hydroxyl groups excluding tert-OH is 1. The van der Waals surface area contributed by atoms with Crippen LogP contribution in [-0.2, 0) is 13.0 Å². The fraction of sp³-hybridized carbons (Fsp3) is 0.200. The van der Waals surface area contributed by atoms with Gasteiger partial charge in [-0.1, -0.05) is 36.4 Å². The van der Waals surface area contributed by atoms with Crippen LogP contribution in [-0.4, -0.2) is 10.9 Å². The van der Waals surface area contributed by atoms with Gasteiger partial charge in [0.25, 0.3) is 0 Å². The highest BCUT2D eigenvalue weighted by molar-refractivity contribution is 7.99. The summed E-state index contributed by atoms with van der Waals surface area (Å²) in [5, 5.41) is 9.37. The number of rotatable bonds is 2. The molecule has 1 nitrogen and oxygen atoms in total. The molecule has 17 heavy (non-hydrogen) atoms. The van der Waals surface area contributed by atoms with Crippen molar-refractivity contribution in [2.45, 2.75) is 17.9 Å². The third-order valence-electron chi connectivity index (χ3n) is 3.19. The smallest absolute Gasteiger partial charge is 0.0687 e. The molecule has 0 unspecified atom stereocenters. The SMILES string of the molecule is OCc1ccccc1-c1ccc2c(c1)CCS2. The summed E-state index contributed by atoms with van der Waals surface area (Å²) < 4.78 is 0. The largest absolute Gasteiger partial charge is 0.392 e. The summed E-state index contributed by atoms with van der Waals surface area (Å²) in [7, 11) is 0. The van der Waals surface area contributed by atoms with Gasteiger partial charge in [-0.2, -0.15) is 0 Å². The molecule has 2 aromatic carbocycles. The number of hydrogen-bond donors (Lipinski definition) is 1. The van der Waals surface area contributed by atoms with Gasteiger partial charge in [-0.3, -0.25) is 0 Å². The summed E-state index contributed by atoms with van der Waals surface area (Å²) in [6.45, 7) is 0.0992. The molecule has 2 heteroatoms. The second kappa shape index (κ2) is 4.55. The van der Waals surface area contributed by atoms with Gasteiger partial charge in [-0.15, -0.1) is 11.8 Å². The van der Waals surface area contributed by atoms with Crippen molar-refractivity contribution in [3.05, 3.63) is 53.6 Å². The highest BCUT2D eigenvalue weighted by Gasteiger charge is 2.12. The van der Waals surface area contributed by atoms with Crippen molar-refractivity contribution in [2.24, 2.45) is 0 Å². The maximum Gasteiger partial charge on any atom is 0.0687 e. The van der Waals surface area contributed by atoms with E-state index in [0.29, 0.717) is 0 Å². The van der Waals surface area contributed by atoms with Crippen LogP contribution in [0.4, 0.5) is 0 Å². The second-order valence-electron chi connectivity index (χ2n) is 4.24. The molecule has 3 rings (SSSR count). The highest BCUT2D eigenvalue weighted by atomic mass is 32.2. The third-order valence-corrected chi connectivity index (χ3v) is 4.31. The topological polar surface area (TPSA) is 20.2 Å². The van der Waals surface area contributed by atoms with Gasteiger partial charge < -0.3 is 5.11 Å². The zero-order valence-corrected chi connectivity index (χ0v) is 10.3. The molecule has 1 aliphatic rings. The Morgan fingerprint density at radius 1 is 1.12 bits per heavy atom. The normalized spacial score (nSPS) is 13.7. The lowest BCUT2D eigenvalue weighted by Gasteiger charge is -2.09. The lowest BCUT2D eigenvalue weighted by molar-refractivity contribution is 0.282. The van der Waals surface area contributed by atoms with Crippen molar-refractivity contribution >= 4 is 11.8 Å². The maximum atomic E-state index is 9.37. The standard InChI is InChI=1S/C15H14OS/c16-10-13-3-1-2-4-14(13)11-5-6-15-12(9-11)7-8-17-15/h1-6,9,16H,7-8,10H2. The molecule has 0 radical (unpaired) electrons. The van der Waals surface area contributed by atoms with Crippen LogP contribution in [0.5, 0.6) is 0 Å². The minimum atomic E-state index is 0.0992. The van der Waals surface area contributed by atoms with Crippen LogP contribution in [0.1, 0.15) is 11.1 Å². The predicted molar refractivity (Wildman–Crippen MR) is 72.2 cm³/mol. The van der Waals surface area contributed by atoms with Crippen LogP contribution in [0.25, 0.3) is 11.1 Å². The minimum Gasteiger partial charge on any atom is -0.392 e. The van der Waals surface area contributed by atoms with E-state index >= 15 is 0 Å². The Morgan fingerprint density at radius 3 is 2.88 bits per heavy atom. The summed E-state index contributed by atoms with van der Waals surface area (Å²) in [4.78, 5) is 1.41. The molecule has 0 saturated carbocycles. The quantitative estimate of drug-likeness (QED) is 0.870. The molecule has 0 fully saturated rings. The van der Waals surface area contributed by atoms with E-state index in [-0.39, 0.29) is 6.61 Å². The summed E-state index contributed by atoms with van der Waals surface area (Å²) in [6.07, 6.45) is 1.16. The molecule has 0 bridgehead atoms. The van der Waals surface area contributed by atoms with E-state index in [2.05, 4.69) is 24.3 Å². The Bertz CT molecular complexity index is 548. The highest BCUT2D eigenvalue weighted by Crippen LogP contribution is 2.35. The fourth-order valence-electron chi connectivity index (χ4n) is 2.29. The Morgan fingerprint density at radius 2 is 2.00 bits per heavy atom. The molecule has 1 aliphatic heterocycles. The van der Waals surface area contributed by atoms with E-state index in [9.17, 15) is 5.11 Å². The molecule has 0 spiro atoms. The van der Waals surface area contributed by atoms with Crippen molar-refractivity contribution in [1.82, 2.24) is 0 Å². The number of aliphatic hydroxyl groups is 1. The van der Waals surface area contributed by atoms with Gasteiger partial charge in [0.05, 0.1) is 6.61 Å². The first-order valence-electron chi connectivity index (χ1n) is 5.83. The van der Waals surface area contributed by atoms with Gasteiger partial charge in [-0.05, 0) is 34.7 Å². The van der Waals surface area contributed by atoms with E-state index in [1.165, 1.54) is 21.8 Å². The molecule has 0 amide bonds. The molecule has 0 saturated heterocycles. The average Bonchev–Trinajstić information content (AvgIpc) is 2.85. The van der Waals surface area contributed by atoms with Crippen LogP contribution < -0.4 is 0 Å². The zero-order chi connectivity index (χ0) is 11.7. The van der Waals surface area contributed by atoms with Gasteiger partial charge in [0.15, 0.2) is 0 Å². The molecule has 2 aromatic rings. The van der Waals surface area contributed by atoms with Crippen molar-refractivity contribution in [1.29, 1.82) is 0 Å². The van der Waals surface area contributed by atoms with Gasteiger partial charge >= 0.3 is 0 Å². The number of aryl methyl sites for hydroxylation is 1. The van der Waals surface area contributed by atoms with Crippen LogP contribution in [0.3, 0.4) is 0 Å². The number of fused-ring (bicyclic) bond motifs is 1. The summed E-state index contributed by atoms with van der Waals surface area (Å²) >= 11 is 1.93. The molecule has 0 aliphatic carbocycles. The molecule has 86 valence electrons. The lowest BCUT2D eigenvalue weighted by atomic mass is 9.98. The van der Waals surface area contributed by atoms with Crippen LogP contribution in [0.15, 0.2) is 47.4 Å². The predicted octanol–water partition coefficient (Wildman–Crippen LogP) is 3.49. The molecule has 1 heterocycles.